The van der Waals surface area contributed by atoms with Crippen LogP contribution in [0.25, 0.3) is 82.0 Å². The van der Waals surface area contributed by atoms with Crippen molar-refractivity contribution in [1.82, 2.24) is 4.40 Å². The maximum atomic E-state index is 11.3. The molecule has 8 bridgehead atoms. The fourth-order valence-corrected chi connectivity index (χ4v) is 16.0. The monoisotopic (exact) mass is 953 g/mol. The second-order valence-electron chi connectivity index (χ2n) is 22.1. The lowest BCUT2D eigenvalue weighted by Gasteiger charge is -2.42. The third-order valence-corrected chi connectivity index (χ3v) is 18.8. The maximum Gasteiger partial charge on any atom is 0.153 e. The minimum Gasteiger partial charge on any atom is -0.455 e. The van der Waals surface area contributed by atoms with Crippen molar-refractivity contribution >= 4 is 82.0 Å². The number of benzene rings is 10. The quantitative estimate of drug-likeness (QED) is 0.152. The molecular weight excluding hydrogens is 915 g/mol. The Bertz CT molecular complexity index is 4740. The molecule has 75 heavy (non-hydrogen) atoms. The largest absolute Gasteiger partial charge is 0.455 e. The molecule has 0 atom stereocenters. The van der Waals surface area contributed by atoms with Crippen molar-refractivity contribution in [3.8, 4) is 12.1 Å². The highest BCUT2D eigenvalue weighted by Crippen LogP contribution is 2.60. The molecule has 346 valence electrons. The van der Waals surface area contributed by atoms with Crippen molar-refractivity contribution < 1.29 is 8.83 Å². The van der Waals surface area contributed by atoms with E-state index < -0.39 is 0 Å². The van der Waals surface area contributed by atoms with Gasteiger partial charge in [0.25, 0.3) is 0 Å². The van der Waals surface area contributed by atoms with Crippen LogP contribution in [0.15, 0.2) is 173 Å². The molecule has 21 rings (SSSR count). The van der Waals surface area contributed by atoms with Crippen LogP contribution in [0.4, 0.5) is 0 Å². The van der Waals surface area contributed by atoms with Gasteiger partial charge in [-0.3, -0.25) is 0 Å². The van der Waals surface area contributed by atoms with E-state index in [2.05, 4.69) is 180 Å². The molecule has 5 heteroatoms. The zero-order chi connectivity index (χ0) is 48.7. The summed E-state index contributed by atoms with van der Waals surface area (Å²) in [6.07, 6.45) is 3.49. The number of hydrogen-bond donors (Lipinski definition) is 0. The molecule has 5 nitrogen and oxygen atoms in total. The van der Waals surface area contributed by atoms with Gasteiger partial charge in [-0.2, -0.15) is 10.5 Å². The Balaban J connectivity index is 0.963. The van der Waals surface area contributed by atoms with E-state index in [-0.39, 0.29) is 23.7 Å². The van der Waals surface area contributed by atoms with E-state index in [0.29, 0.717) is 22.3 Å². The molecule has 10 aromatic carbocycles. The Labute approximate surface area is 429 Å². The zero-order valence-corrected chi connectivity index (χ0v) is 40.4. The molecule has 0 amide bonds. The second kappa shape index (κ2) is 13.4. The highest BCUT2D eigenvalue weighted by molar-refractivity contribution is 6.37. The van der Waals surface area contributed by atoms with Crippen molar-refractivity contribution in [2.75, 3.05) is 0 Å². The van der Waals surface area contributed by atoms with Gasteiger partial charge in [0.05, 0.1) is 27.7 Å². The molecule has 7 aliphatic carbocycles. The van der Waals surface area contributed by atoms with Gasteiger partial charge < -0.3 is 13.2 Å². The van der Waals surface area contributed by atoms with Gasteiger partial charge in [-0.05, 0) is 151 Å². The number of aromatic nitrogens is 1. The average Bonchev–Trinajstić information content (AvgIpc) is 4.42. The molecular formula is C70H39N3O2. The van der Waals surface area contributed by atoms with Gasteiger partial charge in [-0.25, -0.2) is 0 Å². The van der Waals surface area contributed by atoms with E-state index in [1.54, 1.807) is 0 Å². The molecule has 0 N–H and O–H groups in total. The molecule has 14 aromatic rings. The van der Waals surface area contributed by atoms with Gasteiger partial charge >= 0.3 is 0 Å². The minimum atomic E-state index is 0.0846. The first kappa shape index (κ1) is 39.2. The zero-order valence-electron chi connectivity index (χ0n) is 40.4. The van der Waals surface area contributed by atoms with Crippen LogP contribution in [0.5, 0.6) is 0 Å². The summed E-state index contributed by atoms with van der Waals surface area (Å²) in [5.41, 5.74) is 28.3. The second-order valence-corrected chi connectivity index (χ2v) is 22.1. The van der Waals surface area contributed by atoms with Crippen molar-refractivity contribution in [1.29, 1.82) is 10.5 Å². The van der Waals surface area contributed by atoms with E-state index in [4.69, 9.17) is 8.83 Å². The highest BCUT2D eigenvalue weighted by Gasteiger charge is 2.44. The number of fused-ring (bicyclic) bond motifs is 20. The molecule has 0 spiro atoms. The first-order chi connectivity index (χ1) is 37.1. The number of aryl methyl sites for hydroxylation is 4. The van der Waals surface area contributed by atoms with Crippen LogP contribution in [0, 0.1) is 22.7 Å². The summed E-state index contributed by atoms with van der Waals surface area (Å²) in [5, 5.41) is 31.2. The molecule has 0 saturated carbocycles. The third-order valence-electron chi connectivity index (χ3n) is 18.8. The van der Waals surface area contributed by atoms with Crippen LogP contribution in [-0.2, 0) is 25.7 Å². The van der Waals surface area contributed by atoms with Gasteiger partial charge in [0.1, 0.15) is 23.3 Å². The van der Waals surface area contributed by atoms with Gasteiger partial charge in [0, 0.05) is 66.8 Å². The lowest BCUT2D eigenvalue weighted by atomic mass is 9.61. The number of rotatable bonds is 0. The van der Waals surface area contributed by atoms with Gasteiger partial charge in [-0.15, -0.1) is 0 Å². The third kappa shape index (κ3) is 4.60. The lowest BCUT2D eigenvalue weighted by Crippen LogP contribution is -2.27. The molecule has 4 heterocycles. The van der Waals surface area contributed by atoms with Crippen molar-refractivity contribution in [2.24, 2.45) is 0 Å². The first-order valence-electron chi connectivity index (χ1n) is 26.5. The number of furan rings is 2. The number of nitriles is 2. The predicted molar refractivity (Wildman–Crippen MR) is 296 cm³/mol. The van der Waals surface area contributed by atoms with Crippen molar-refractivity contribution in [3.63, 3.8) is 0 Å². The Kier molecular flexibility index (Phi) is 7.00. The molecule has 7 aliphatic rings. The number of nitrogens with zero attached hydrogens (tertiary/aromatic N) is 3. The van der Waals surface area contributed by atoms with Crippen molar-refractivity contribution in [3.05, 3.63) is 264 Å². The lowest BCUT2D eigenvalue weighted by molar-refractivity contribution is 0.664. The fourth-order valence-electron chi connectivity index (χ4n) is 16.0. The highest BCUT2D eigenvalue weighted by atomic mass is 16.3. The van der Waals surface area contributed by atoms with Crippen LogP contribution >= 0.6 is 0 Å². The van der Waals surface area contributed by atoms with Crippen LogP contribution in [-0.4, -0.2) is 4.40 Å². The Hall–Kier alpha value is -9.42. The standard InChI is InChI=1S/C70H39N3O2/c71-32-38-26-54-66(64-52-28-48-50(30-56(52)74-69(38)64)62-44-16-5-1-12-40(44)60(48)41-13-2-6-17-45(41)62)58-36-22-20-34-10-9-11-35(24-34)21-23-37(25-36)59-67-55(73(54)68(58)59)27-39(33-72)70-65(67)53-29-49-51(31-57(53)75-70)63-46-18-7-3-14-42(46)61(49)43-15-4-8-19-47(43)63/h1-19,24-31,60-63H,20-23H2. The van der Waals surface area contributed by atoms with Crippen LogP contribution < -0.4 is 0 Å². The number of hydrogen-bond acceptors (Lipinski definition) is 4. The molecule has 0 fully saturated rings. The molecule has 0 radical (unpaired) electrons. The normalized spacial score (nSPS) is 18.4. The topological polar surface area (TPSA) is 78.3 Å². The molecule has 0 saturated heterocycles. The van der Waals surface area contributed by atoms with Gasteiger partial charge in [-0.1, -0.05) is 127 Å². The summed E-state index contributed by atoms with van der Waals surface area (Å²) >= 11 is 0. The van der Waals surface area contributed by atoms with Crippen LogP contribution in [0.3, 0.4) is 0 Å². The summed E-state index contributed by atoms with van der Waals surface area (Å²) in [4.78, 5) is 0. The van der Waals surface area contributed by atoms with E-state index in [1.807, 2.05) is 0 Å². The molecule has 0 aliphatic heterocycles. The summed E-state index contributed by atoms with van der Waals surface area (Å²) in [7, 11) is 0. The Morgan fingerprint density at radius 3 is 1.11 bits per heavy atom. The van der Waals surface area contributed by atoms with E-state index in [1.165, 1.54) is 99.8 Å². The smallest absolute Gasteiger partial charge is 0.153 e. The van der Waals surface area contributed by atoms with Crippen LogP contribution in [0.2, 0.25) is 0 Å². The first-order valence-corrected chi connectivity index (χ1v) is 26.5. The van der Waals surface area contributed by atoms with E-state index >= 15 is 0 Å². The molecule has 4 aromatic heterocycles. The van der Waals surface area contributed by atoms with Gasteiger partial charge in [0.2, 0.25) is 0 Å². The fraction of sp³-hybridized carbons (Fsp3) is 0.114. The minimum absolute atomic E-state index is 0.0846. The Morgan fingerprint density at radius 2 is 0.733 bits per heavy atom. The summed E-state index contributed by atoms with van der Waals surface area (Å²) in [5.74, 6) is 0.357. The Morgan fingerprint density at radius 1 is 0.360 bits per heavy atom. The average molecular weight is 954 g/mol. The summed E-state index contributed by atoms with van der Waals surface area (Å²) in [6, 6.07) is 66.4. The van der Waals surface area contributed by atoms with Crippen LogP contribution in [0.1, 0.15) is 124 Å². The van der Waals surface area contributed by atoms with E-state index in [0.717, 1.165) is 85.7 Å². The van der Waals surface area contributed by atoms with E-state index in [9.17, 15) is 10.5 Å². The molecule has 0 unspecified atom stereocenters. The SMILES string of the molecule is N#Cc1cc2c(c3c4cc(c5c6c7c(oc8cc9c(cc87)C7c8ccccc8C9c8ccccc87)c(C#N)cc6n2c35)CCc2cccc(c2)CC4)c2c1oc1cc3c(cc12)C1c2ccccc2C3c2ccccc21. The van der Waals surface area contributed by atoms with Crippen molar-refractivity contribution in [2.45, 2.75) is 49.4 Å². The summed E-state index contributed by atoms with van der Waals surface area (Å²) in [6.45, 7) is 0. The van der Waals surface area contributed by atoms with Gasteiger partial charge in [0.15, 0.2) is 11.2 Å². The maximum absolute atomic E-state index is 11.3. The summed E-state index contributed by atoms with van der Waals surface area (Å²) < 4.78 is 16.6. The predicted octanol–water partition coefficient (Wildman–Crippen LogP) is 16.2.